The zero-order valence-corrected chi connectivity index (χ0v) is 17.2. The fourth-order valence-corrected chi connectivity index (χ4v) is 4.88. The Hall–Kier alpha value is -1.96. The van der Waals surface area contributed by atoms with Crippen LogP contribution in [0.1, 0.15) is 65.0 Å². The highest BCUT2D eigenvalue weighted by atomic mass is 16.3. The number of aromatic hydroxyl groups is 1. The lowest BCUT2D eigenvalue weighted by atomic mass is 9.55. The Labute approximate surface area is 159 Å². The summed E-state index contributed by atoms with van der Waals surface area (Å²) in [5.74, 6) is 1.20. The first-order valence-electron chi connectivity index (χ1n) is 9.54. The van der Waals surface area contributed by atoms with Gasteiger partial charge in [-0.1, -0.05) is 45.6 Å². The van der Waals surface area contributed by atoms with Gasteiger partial charge in [-0.15, -0.1) is 0 Å². The molecule has 1 saturated carbocycles. The smallest absolute Gasteiger partial charge is 0.118 e. The van der Waals surface area contributed by atoms with Crippen LogP contribution in [-0.4, -0.2) is 10.2 Å². The van der Waals surface area contributed by atoms with Crippen molar-refractivity contribution in [3.63, 3.8) is 0 Å². The van der Waals surface area contributed by atoms with Crippen molar-refractivity contribution in [3.8, 4) is 5.75 Å². The Morgan fingerprint density at radius 1 is 1.27 bits per heavy atom. The molecule has 1 aromatic carbocycles. The molecule has 1 unspecified atom stereocenters. The molecule has 1 aromatic rings. The van der Waals surface area contributed by atoms with Gasteiger partial charge in [0.1, 0.15) is 11.5 Å². The van der Waals surface area contributed by atoms with Crippen molar-refractivity contribution in [2.75, 3.05) is 0 Å². The van der Waals surface area contributed by atoms with Crippen LogP contribution in [0.4, 0.5) is 0 Å². The van der Waals surface area contributed by atoms with Crippen LogP contribution < -0.4 is 0 Å². The Balaban J connectivity index is 2.62. The Kier molecular flexibility index (Phi) is 5.75. The Morgan fingerprint density at radius 3 is 2.46 bits per heavy atom. The van der Waals surface area contributed by atoms with E-state index < -0.39 is 0 Å². The van der Waals surface area contributed by atoms with E-state index in [1.807, 2.05) is 32.9 Å². The van der Waals surface area contributed by atoms with Gasteiger partial charge >= 0.3 is 0 Å². The molecule has 0 aliphatic heterocycles. The standard InChI is InChI=1S/C24H34O2/c1-8-21(25)17(3)11-19(5)24(14-16(2)13-23(6,7)15-24)20-9-10-22(26)18(4)12-20/h8-12,16,25-26H,5,13-15H2,1-4,6-7H3/b17-11-,21-8+/t16-,24?/m1/s1. The summed E-state index contributed by atoms with van der Waals surface area (Å²) in [6, 6.07) is 5.94. The molecule has 0 aromatic heterocycles. The van der Waals surface area contributed by atoms with Gasteiger partial charge in [-0.05, 0) is 85.8 Å². The molecule has 2 rings (SSSR count). The second-order valence-electron chi connectivity index (χ2n) is 8.96. The van der Waals surface area contributed by atoms with Crippen molar-refractivity contribution in [2.45, 2.75) is 66.2 Å². The minimum atomic E-state index is -0.186. The lowest BCUT2D eigenvalue weighted by Crippen LogP contribution is -2.41. The van der Waals surface area contributed by atoms with Crippen molar-refractivity contribution in [1.29, 1.82) is 0 Å². The summed E-state index contributed by atoms with van der Waals surface area (Å²) in [7, 11) is 0. The third kappa shape index (κ3) is 4.06. The van der Waals surface area contributed by atoms with E-state index in [0.717, 1.165) is 29.6 Å². The van der Waals surface area contributed by atoms with Gasteiger partial charge in [0.05, 0.1) is 0 Å². The zero-order valence-electron chi connectivity index (χ0n) is 17.2. The average molecular weight is 355 g/mol. The largest absolute Gasteiger partial charge is 0.508 e. The molecule has 0 bridgehead atoms. The predicted octanol–water partition coefficient (Wildman–Crippen LogP) is 6.75. The van der Waals surface area contributed by atoms with E-state index in [1.165, 1.54) is 12.0 Å². The normalized spacial score (nSPS) is 26.6. The summed E-state index contributed by atoms with van der Waals surface area (Å²) in [4.78, 5) is 0. The van der Waals surface area contributed by atoms with Crippen LogP contribution in [-0.2, 0) is 5.41 Å². The first kappa shape index (κ1) is 20.4. The number of aryl methyl sites for hydroxylation is 1. The molecule has 142 valence electrons. The van der Waals surface area contributed by atoms with Crippen LogP contribution in [0.15, 0.2) is 53.8 Å². The van der Waals surface area contributed by atoms with E-state index >= 15 is 0 Å². The predicted molar refractivity (Wildman–Crippen MR) is 111 cm³/mol. The van der Waals surface area contributed by atoms with E-state index in [0.29, 0.717) is 17.4 Å². The summed E-state index contributed by atoms with van der Waals surface area (Å²) in [5, 5.41) is 20.1. The van der Waals surface area contributed by atoms with E-state index in [-0.39, 0.29) is 10.8 Å². The van der Waals surface area contributed by atoms with Gasteiger partial charge in [-0.25, -0.2) is 0 Å². The van der Waals surface area contributed by atoms with Crippen LogP contribution in [0.2, 0.25) is 0 Å². The fraction of sp³-hybridized carbons (Fsp3) is 0.500. The van der Waals surface area contributed by atoms with E-state index in [2.05, 4.69) is 33.4 Å². The number of aliphatic hydroxyl groups is 1. The number of aliphatic hydroxyl groups excluding tert-OH is 1. The third-order valence-corrected chi connectivity index (χ3v) is 5.81. The number of rotatable bonds is 4. The lowest BCUT2D eigenvalue weighted by molar-refractivity contribution is 0.126. The van der Waals surface area contributed by atoms with Crippen molar-refractivity contribution in [1.82, 2.24) is 0 Å². The first-order chi connectivity index (χ1) is 12.0. The molecule has 0 amide bonds. The summed E-state index contributed by atoms with van der Waals surface area (Å²) in [6.45, 7) is 17.1. The number of allylic oxidation sites excluding steroid dienone is 4. The molecule has 2 nitrogen and oxygen atoms in total. The molecule has 2 heteroatoms. The summed E-state index contributed by atoms with van der Waals surface area (Å²) < 4.78 is 0. The number of hydrogen-bond donors (Lipinski definition) is 2. The SMILES string of the molecule is C=C(/C=C(C)\C(O)=C/C)C1(c2ccc(O)c(C)c2)C[C@H](C)CC(C)(C)C1. The molecular formula is C24H34O2. The maximum atomic E-state index is 10.1. The lowest BCUT2D eigenvalue weighted by Gasteiger charge is -2.49. The highest BCUT2D eigenvalue weighted by Crippen LogP contribution is 2.54. The van der Waals surface area contributed by atoms with Gasteiger partial charge in [0, 0.05) is 5.41 Å². The number of hydrogen-bond acceptors (Lipinski definition) is 2. The number of phenolic OH excluding ortho intramolecular Hbond substituents is 1. The highest BCUT2D eigenvalue weighted by Gasteiger charge is 2.45. The van der Waals surface area contributed by atoms with Crippen LogP contribution in [0.5, 0.6) is 5.75 Å². The van der Waals surface area contributed by atoms with Crippen LogP contribution in [0.3, 0.4) is 0 Å². The van der Waals surface area contributed by atoms with Gasteiger partial charge < -0.3 is 10.2 Å². The van der Waals surface area contributed by atoms with Gasteiger partial charge in [0.25, 0.3) is 0 Å². The van der Waals surface area contributed by atoms with Crippen molar-refractivity contribution >= 4 is 0 Å². The molecule has 0 saturated heterocycles. The second kappa shape index (κ2) is 7.34. The van der Waals surface area contributed by atoms with Gasteiger partial charge in [0.15, 0.2) is 0 Å². The molecule has 0 spiro atoms. The fourth-order valence-electron chi connectivity index (χ4n) is 4.88. The third-order valence-electron chi connectivity index (χ3n) is 5.81. The molecular weight excluding hydrogens is 320 g/mol. The maximum Gasteiger partial charge on any atom is 0.118 e. The topological polar surface area (TPSA) is 40.5 Å². The van der Waals surface area contributed by atoms with Gasteiger partial charge in [0.2, 0.25) is 0 Å². The molecule has 2 N–H and O–H groups in total. The molecule has 1 aliphatic rings. The summed E-state index contributed by atoms with van der Waals surface area (Å²) in [6.07, 6.45) is 6.98. The first-order valence-corrected chi connectivity index (χ1v) is 9.54. The van der Waals surface area contributed by atoms with Gasteiger partial charge in [-0.2, -0.15) is 0 Å². The molecule has 1 fully saturated rings. The number of phenols is 1. The second-order valence-corrected chi connectivity index (χ2v) is 8.96. The monoisotopic (exact) mass is 354 g/mol. The minimum absolute atomic E-state index is 0.186. The molecule has 1 aliphatic carbocycles. The highest BCUT2D eigenvalue weighted by molar-refractivity contribution is 5.48. The van der Waals surface area contributed by atoms with Crippen LogP contribution in [0.25, 0.3) is 0 Å². The molecule has 0 radical (unpaired) electrons. The average Bonchev–Trinajstić information content (AvgIpc) is 2.54. The van der Waals surface area contributed by atoms with Crippen LogP contribution in [0, 0.1) is 18.3 Å². The van der Waals surface area contributed by atoms with E-state index in [9.17, 15) is 10.2 Å². The minimum Gasteiger partial charge on any atom is -0.508 e. The number of benzene rings is 1. The molecule has 2 atom stereocenters. The molecule has 0 heterocycles. The van der Waals surface area contributed by atoms with Crippen molar-refractivity contribution in [2.24, 2.45) is 11.3 Å². The Bertz CT molecular complexity index is 751. The quantitative estimate of drug-likeness (QED) is 0.464. The summed E-state index contributed by atoms with van der Waals surface area (Å²) >= 11 is 0. The van der Waals surface area contributed by atoms with Crippen molar-refractivity contribution in [3.05, 3.63) is 65.0 Å². The van der Waals surface area contributed by atoms with Crippen molar-refractivity contribution < 1.29 is 10.2 Å². The van der Waals surface area contributed by atoms with E-state index in [1.54, 1.807) is 12.1 Å². The van der Waals surface area contributed by atoms with E-state index in [4.69, 9.17) is 0 Å². The summed E-state index contributed by atoms with van der Waals surface area (Å²) in [5.41, 5.74) is 3.99. The van der Waals surface area contributed by atoms with Crippen LogP contribution >= 0.6 is 0 Å². The molecule has 26 heavy (non-hydrogen) atoms. The van der Waals surface area contributed by atoms with Gasteiger partial charge in [-0.3, -0.25) is 0 Å². The zero-order chi connectivity index (χ0) is 19.7. The maximum absolute atomic E-state index is 10.1. The Morgan fingerprint density at radius 2 is 1.92 bits per heavy atom.